The number of nitrogen functional groups attached to an aromatic ring is 1. The van der Waals surface area contributed by atoms with Crippen molar-refractivity contribution in [2.45, 2.75) is 11.8 Å². The van der Waals surface area contributed by atoms with Crippen LogP contribution in [0, 0.1) is 6.92 Å². The van der Waals surface area contributed by atoms with E-state index >= 15 is 0 Å². The van der Waals surface area contributed by atoms with Crippen LogP contribution in [0.4, 0.5) is 5.69 Å². The molecule has 2 aromatic carbocycles. The van der Waals surface area contributed by atoms with Crippen LogP contribution in [-0.4, -0.2) is 18.2 Å². The fourth-order valence-corrected chi connectivity index (χ4v) is 2.01. The highest BCUT2D eigenvalue weighted by molar-refractivity contribution is 7.85. The zero-order chi connectivity index (χ0) is 16.0. The number of rotatable bonds is 2. The third kappa shape index (κ3) is 5.55. The number of halogens is 1. The second kappa shape index (κ2) is 7.21. The van der Waals surface area contributed by atoms with Crippen molar-refractivity contribution in [2.24, 2.45) is 0 Å². The average Bonchev–Trinajstić information content (AvgIpc) is 2.42. The van der Waals surface area contributed by atoms with E-state index in [0.29, 0.717) is 11.3 Å². The lowest BCUT2D eigenvalue weighted by atomic mass is 10.1. The molecule has 0 bridgehead atoms. The van der Waals surface area contributed by atoms with Crippen LogP contribution in [-0.2, 0) is 10.1 Å². The van der Waals surface area contributed by atoms with Crippen molar-refractivity contribution in [3.63, 3.8) is 0 Å². The maximum atomic E-state index is 10.6. The molecule has 0 radical (unpaired) electrons. The molecule has 2 aromatic rings. The largest absolute Gasteiger partial charge is 0.399 e. The van der Waals surface area contributed by atoms with E-state index in [1.807, 2.05) is 6.92 Å². The number of hydrogen-bond donors (Lipinski definition) is 2. The second-order valence-corrected chi connectivity index (χ2v) is 5.90. The molecule has 0 aliphatic carbocycles. The molecule has 2 rings (SSSR count). The van der Waals surface area contributed by atoms with E-state index in [-0.39, 0.29) is 4.90 Å². The molecule has 0 heterocycles. The Morgan fingerprint density at radius 3 is 2.10 bits per heavy atom. The van der Waals surface area contributed by atoms with E-state index < -0.39 is 15.4 Å². The van der Waals surface area contributed by atoms with Crippen LogP contribution in [0.3, 0.4) is 0 Å². The molecule has 0 saturated carbocycles. The van der Waals surface area contributed by atoms with Gasteiger partial charge in [0.25, 0.3) is 15.4 Å². The first kappa shape index (κ1) is 17.2. The number of hydrogen-bond acceptors (Lipinski definition) is 4. The summed E-state index contributed by atoms with van der Waals surface area (Å²) < 4.78 is 29.2. The van der Waals surface area contributed by atoms with Crippen molar-refractivity contribution >= 4 is 32.6 Å². The molecule has 7 heteroatoms. The van der Waals surface area contributed by atoms with E-state index in [1.165, 1.54) is 12.1 Å². The zero-order valence-electron chi connectivity index (χ0n) is 11.2. The number of carbonyl (C=O) groups is 1. The number of nitrogens with two attached hydrogens (primary N) is 1. The van der Waals surface area contributed by atoms with Gasteiger partial charge in [0, 0.05) is 11.3 Å². The van der Waals surface area contributed by atoms with Gasteiger partial charge < -0.3 is 5.73 Å². The van der Waals surface area contributed by atoms with Crippen LogP contribution in [0.5, 0.6) is 0 Å². The van der Waals surface area contributed by atoms with Gasteiger partial charge in [-0.05, 0) is 54.4 Å². The smallest absolute Gasteiger partial charge is 0.294 e. The molecule has 0 aliphatic heterocycles. The van der Waals surface area contributed by atoms with Crippen LogP contribution in [0.2, 0.25) is 0 Å². The molecular weight excluding hydrogens is 314 g/mol. The molecule has 0 unspecified atom stereocenters. The molecule has 0 atom stereocenters. The maximum absolute atomic E-state index is 10.6. The Kier molecular flexibility index (Phi) is 5.90. The number of aryl methyl sites for hydroxylation is 1. The molecule has 0 saturated heterocycles. The Hall–Kier alpha value is -1.89. The summed E-state index contributed by atoms with van der Waals surface area (Å²) >= 11 is 5.25. The third-order valence-corrected chi connectivity index (χ3v) is 3.62. The quantitative estimate of drug-likeness (QED) is 0.502. The van der Waals surface area contributed by atoms with Gasteiger partial charge in [0.2, 0.25) is 0 Å². The van der Waals surface area contributed by atoms with Crippen LogP contribution in [0.1, 0.15) is 15.9 Å². The summed E-state index contributed by atoms with van der Waals surface area (Å²) in [4.78, 5) is 10.6. The van der Waals surface area contributed by atoms with Crippen molar-refractivity contribution < 1.29 is 17.8 Å². The molecule has 112 valence electrons. The molecule has 0 aliphatic rings. The first-order valence-corrected chi connectivity index (χ1v) is 7.62. The van der Waals surface area contributed by atoms with Gasteiger partial charge in [-0.3, -0.25) is 9.35 Å². The van der Waals surface area contributed by atoms with E-state index in [0.717, 1.165) is 5.56 Å². The lowest BCUT2D eigenvalue weighted by Crippen LogP contribution is -1.96. The minimum absolute atomic E-state index is 0.0741. The summed E-state index contributed by atoms with van der Waals surface area (Å²) in [5, 5.41) is -0.451. The molecule has 0 aromatic heterocycles. The lowest BCUT2D eigenvalue weighted by Gasteiger charge is -1.99. The summed E-state index contributed by atoms with van der Waals surface area (Å²) in [5.41, 5.74) is 7.56. The first-order chi connectivity index (χ1) is 9.71. The predicted molar refractivity (Wildman–Crippen MR) is 82.0 cm³/mol. The van der Waals surface area contributed by atoms with Gasteiger partial charge in [-0.2, -0.15) is 8.42 Å². The van der Waals surface area contributed by atoms with Crippen molar-refractivity contribution in [2.75, 3.05) is 5.73 Å². The third-order valence-electron chi connectivity index (χ3n) is 2.54. The molecule has 5 nitrogen and oxygen atoms in total. The van der Waals surface area contributed by atoms with Gasteiger partial charge >= 0.3 is 0 Å². The summed E-state index contributed by atoms with van der Waals surface area (Å²) in [6.45, 7) is 1.83. The minimum atomic E-state index is -4.00. The summed E-state index contributed by atoms with van der Waals surface area (Å²) in [5.74, 6) is 0. The first-order valence-electron chi connectivity index (χ1n) is 5.80. The highest BCUT2D eigenvalue weighted by Gasteiger charge is 2.05. The topological polar surface area (TPSA) is 97.5 Å². The summed E-state index contributed by atoms with van der Waals surface area (Å²) in [6.07, 6.45) is 0. The van der Waals surface area contributed by atoms with Gasteiger partial charge in [-0.15, -0.1) is 0 Å². The van der Waals surface area contributed by atoms with Crippen molar-refractivity contribution in [3.8, 4) is 0 Å². The number of carbonyl (C=O) groups excluding carboxylic acids is 1. The lowest BCUT2D eigenvalue weighted by molar-refractivity contribution is 0.108. The van der Waals surface area contributed by atoms with Crippen LogP contribution in [0.15, 0.2) is 53.4 Å². The zero-order valence-corrected chi connectivity index (χ0v) is 12.7. The predicted octanol–water partition coefficient (Wildman–Crippen LogP) is 2.89. The second-order valence-electron chi connectivity index (χ2n) is 4.13. The van der Waals surface area contributed by atoms with Gasteiger partial charge in [-0.1, -0.05) is 18.2 Å². The van der Waals surface area contributed by atoms with E-state index in [1.54, 1.807) is 36.4 Å². The summed E-state index contributed by atoms with van der Waals surface area (Å²) in [7, 11) is -4.00. The van der Waals surface area contributed by atoms with Crippen LogP contribution < -0.4 is 5.73 Å². The molecule has 0 fully saturated rings. The van der Waals surface area contributed by atoms with E-state index in [4.69, 9.17) is 21.9 Å². The Morgan fingerprint density at radius 1 is 1.14 bits per heavy atom. The Balaban J connectivity index is 0.000000211. The average molecular weight is 328 g/mol. The van der Waals surface area contributed by atoms with Gasteiger partial charge in [0.05, 0.1) is 4.90 Å². The van der Waals surface area contributed by atoms with E-state index in [9.17, 15) is 13.2 Å². The minimum Gasteiger partial charge on any atom is -0.399 e. The molecular formula is C14H14ClNO4S. The Morgan fingerprint density at radius 2 is 1.71 bits per heavy atom. The number of benzene rings is 2. The molecule has 21 heavy (non-hydrogen) atoms. The van der Waals surface area contributed by atoms with E-state index in [2.05, 4.69) is 0 Å². The molecule has 0 amide bonds. The maximum Gasteiger partial charge on any atom is 0.294 e. The standard InChI is InChI=1S/C8H8ClNO.C6H6O3S/c1-5-4-6(8(9)11)2-3-7(5)10;7-10(8,9)6-4-2-1-3-5-6/h2-4H,10H2,1H3;1-5H,(H,7,8,9). The SMILES string of the molecule is Cc1cc(C(=O)Cl)ccc1N.O=S(=O)(O)c1ccccc1. The van der Waals surface area contributed by atoms with Crippen LogP contribution >= 0.6 is 11.6 Å². The fourth-order valence-electron chi connectivity index (χ4n) is 1.39. The number of anilines is 1. The van der Waals surface area contributed by atoms with Crippen LogP contribution in [0.25, 0.3) is 0 Å². The van der Waals surface area contributed by atoms with Crippen molar-refractivity contribution in [1.82, 2.24) is 0 Å². The van der Waals surface area contributed by atoms with Gasteiger partial charge in [0.1, 0.15) is 0 Å². The fraction of sp³-hybridized carbons (Fsp3) is 0.0714. The Bertz CT molecular complexity index is 730. The molecule has 3 N–H and O–H groups in total. The highest BCUT2D eigenvalue weighted by atomic mass is 35.5. The monoisotopic (exact) mass is 327 g/mol. The van der Waals surface area contributed by atoms with Crippen molar-refractivity contribution in [3.05, 3.63) is 59.7 Å². The normalized spacial score (nSPS) is 10.4. The Labute approximate surface area is 128 Å². The highest BCUT2D eigenvalue weighted by Crippen LogP contribution is 2.13. The summed E-state index contributed by atoms with van der Waals surface area (Å²) in [6, 6.07) is 12.4. The van der Waals surface area contributed by atoms with Gasteiger partial charge in [0.15, 0.2) is 0 Å². The van der Waals surface area contributed by atoms with Gasteiger partial charge in [-0.25, -0.2) is 0 Å². The molecule has 0 spiro atoms. The van der Waals surface area contributed by atoms with Crippen molar-refractivity contribution in [1.29, 1.82) is 0 Å².